The Morgan fingerprint density at radius 1 is 0.222 bits per heavy atom. The van der Waals surface area contributed by atoms with Crippen molar-refractivity contribution in [1.29, 1.82) is 0 Å². The van der Waals surface area contributed by atoms with Crippen LogP contribution in [0.2, 0.25) is 0 Å². The number of unbranched alkanes of at least 4 members (excludes halogenated alkanes) is 43. The molecule has 8 nitrogen and oxygen atoms in total. The second-order valence-corrected chi connectivity index (χ2v) is 24.4. The van der Waals surface area contributed by atoms with Crippen LogP contribution in [0.15, 0.2) is 36.5 Å². The predicted octanol–water partition coefficient (Wildman–Crippen LogP) is 23.0. The van der Waals surface area contributed by atoms with Crippen LogP contribution in [0.4, 0.5) is 0 Å². The van der Waals surface area contributed by atoms with E-state index in [2.05, 4.69) is 64.2 Å². The molecule has 0 saturated carbocycles. The fourth-order valence-electron chi connectivity index (χ4n) is 10.4. The van der Waals surface area contributed by atoms with Crippen LogP contribution >= 0.6 is 0 Å². The second kappa shape index (κ2) is 64.7. The van der Waals surface area contributed by atoms with Crippen molar-refractivity contribution in [2.75, 3.05) is 26.4 Å². The van der Waals surface area contributed by atoms with Gasteiger partial charge in [0.2, 0.25) is 0 Å². The molecule has 0 rings (SSSR count). The number of carbonyl (C=O) groups excluding carboxylic acids is 4. The van der Waals surface area contributed by atoms with Crippen molar-refractivity contribution in [3.8, 4) is 0 Å². The summed E-state index contributed by atoms with van der Waals surface area (Å²) in [6, 6.07) is 0. The summed E-state index contributed by atoms with van der Waals surface area (Å²) in [6.07, 6.45) is 74.1. The van der Waals surface area contributed by atoms with Crippen molar-refractivity contribution in [1.82, 2.24) is 0 Å². The third-order valence-electron chi connectivity index (χ3n) is 16.1. The molecule has 0 aliphatic heterocycles. The predicted molar refractivity (Wildman–Crippen MR) is 346 cm³/mol. The highest BCUT2D eigenvalue weighted by atomic mass is 16.6. The van der Waals surface area contributed by atoms with Gasteiger partial charge in [-0.15, -0.1) is 0 Å². The first kappa shape index (κ1) is 78.1. The average Bonchev–Trinajstić information content (AvgIpc) is 3.47. The maximum atomic E-state index is 13.3. The van der Waals surface area contributed by atoms with Crippen molar-refractivity contribution in [2.45, 2.75) is 374 Å². The Labute approximate surface area is 502 Å². The fourth-order valence-corrected chi connectivity index (χ4v) is 10.4. The van der Waals surface area contributed by atoms with Gasteiger partial charge in [-0.3, -0.25) is 19.2 Å². The highest BCUT2D eigenvalue weighted by molar-refractivity contribution is 5.71. The molecule has 0 aromatic rings. The molecular weight excluding hydrogens is 1000 g/mol. The zero-order valence-corrected chi connectivity index (χ0v) is 54.2. The lowest BCUT2D eigenvalue weighted by Gasteiger charge is -2.31. The van der Waals surface area contributed by atoms with Gasteiger partial charge in [0.1, 0.15) is 31.8 Å². The summed E-state index contributed by atoms with van der Waals surface area (Å²) in [5.41, 5.74) is -1.22. The molecule has 474 valence electrons. The molecule has 0 heterocycles. The smallest absolute Gasteiger partial charge is 0.305 e. The largest absolute Gasteiger partial charge is 0.465 e. The van der Waals surface area contributed by atoms with Gasteiger partial charge in [-0.2, -0.15) is 0 Å². The quantitative estimate of drug-likeness (QED) is 0.0257. The van der Waals surface area contributed by atoms with Gasteiger partial charge in [-0.1, -0.05) is 282 Å². The van der Waals surface area contributed by atoms with E-state index < -0.39 is 5.41 Å². The first-order valence-electron chi connectivity index (χ1n) is 35.4. The first-order chi connectivity index (χ1) is 39.8. The lowest BCUT2D eigenvalue weighted by Crippen LogP contribution is -2.44. The SMILES string of the molecule is CCCCCCCC/C=C\CCCCCCCC(=O)OCC(COC(=O)CCCCCCC/C=C\CCCCCCCC)(COC(=O)CCCCCCC/C=C\CCCCCCCC)COC(=O)CCCCCCCCCCCCC. The van der Waals surface area contributed by atoms with Gasteiger partial charge in [-0.05, 0) is 103 Å². The van der Waals surface area contributed by atoms with Crippen LogP contribution in [0.1, 0.15) is 374 Å². The van der Waals surface area contributed by atoms with E-state index in [4.69, 9.17) is 18.9 Å². The van der Waals surface area contributed by atoms with Crippen molar-refractivity contribution < 1.29 is 38.1 Å². The molecule has 0 fully saturated rings. The van der Waals surface area contributed by atoms with Gasteiger partial charge >= 0.3 is 23.9 Å². The van der Waals surface area contributed by atoms with Crippen molar-refractivity contribution >= 4 is 23.9 Å². The Kier molecular flexibility index (Phi) is 62.3. The Hall–Kier alpha value is -2.90. The summed E-state index contributed by atoms with van der Waals surface area (Å²) in [5, 5.41) is 0. The Bertz CT molecular complexity index is 1310. The van der Waals surface area contributed by atoms with Crippen LogP contribution in [0.3, 0.4) is 0 Å². The third kappa shape index (κ3) is 60.0. The number of hydrogen-bond acceptors (Lipinski definition) is 8. The summed E-state index contributed by atoms with van der Waals surface area (Å²) < 4.78 is 23.8. The van der Waals surface area contributed by atoms with Crippen LogP contribution in [0.25, 0.3) is 0 Å². The normalized spacial score (nSPS) is 11.9. The number of ether oxygens (including phenoxy) is 4. The highest BCUT2D eigenvalue weighted by Crippen LogP contribution is 2.24. The minimum atomic E-state index is -1.22. The Balaban J connectivity index is 5.47. The van der Waals surface area contributed by atoms with E-state index in [0.29, 0.717) is 0 Å². The lowest BCUT2D eigenvalue weighted by molar-refractivity contribution is -0.170. The van der Waals surface area contributed by atoms with Crippen LogP contribution in [-0.2, 0) is 38.1 Å². The maximum absolute atomic E-state index is 13.3. The number of rotatable bonds is 65. The van der Waals surface area contributed by atoms with Crippen LogP contribution in [0, 0.1) is 5.41 Å². The van der Waals surface area contributed by atoms with E-state index in [0.717, 1.165) is 135 Å². The fraction of sp³-hybridized carbons (Fsp3) is 0.863. The van der Waals surface area contributed by atoms with Gasteiger partial charge in [0.15, 0.2) is 0 Å². The number of carbonyl (C=O) groups is 4. The minimum absolute atomic E-state index is 0.175. The topological polar surface area (TPSA) is 105 Å². The molecule has 8 heteroatoms. The standard InChI is InChI=1S/C73H134O8/c1-5-9-13-17-21-25-29-32-35-38-42-46-50-54-58-62-70(75)79-66-73(65-78-69(74)61-57-53-49-45-41-28-24-20-16-12-8-4,67-80-71(76)63-59-55-51-47-43-39-36-33-30-26-22-18-14-10-6-2)68-81-72(77)64-60-56-52-48-44-40-37-34-31-27-23-19-15-11-7-3/h32-37H,5-31,38-68H2,1-4H3/b35-32-,36-33-,37-34-. The molecule has 0 aliphatic carbocycles. The number of hydrogen-bond donors (Lipinski definition) is 0. The van der Waals surface area contributed by atoms with Crippen molar-refractivity contribution in [3.63, 3.8) is 0 Å². The van der Waals surface area contributed by atoms with E-state index in [1.165, 1.54) is 186 Å². The maximum Gasteiger partial charge on any atom is 0.305 e. The molecule has 0 bridgehead atoms. The van der Waals surface area contributed by atoms with E-state index >= 15 is 0 Å². The van der Waals surface area contributed by atoms with Crippen LogP contribution in [0.5, 0.6) is 0 Å². The molecule has 0 aromatic heterocycles. The molecule has 81 heavy (non-hydrogen) atoms. The Morgan fingerprint density at radius 2 is 0.370 bits per heavy atom. The Morgan fingerprint density at radius 3 is 0.543 bits per heavy atom. The summed E-state index contributed by atoms with van der Waals surface area (Å²) in [6.45, 7) is 8.33. The molecule has 0 saturated heterocycles. The van der Waals surface area contributed by atoms with Crippen molar-refractivity contribution in [2.24, 2.45) is 5.41 Å². The molecule has 0 spiro atoms. The van der Waals surface area contributed by atoms with E-state index in [-0.39, 0.29) is 76.0 Å². The summed E-state index contributed by atoms with van der Waals surface area (Å²) >= 11 is 0. The molecule has 0 amide bonds. The second-order valence-electron chi connectivity index (χ2n) is 24.4. The zero-order chi connectivity index (χ0) is 58.9. The van der Waals surface area contributed by atoms with Crippen LogP contribution < -0.4 is 0 Å². The van der Waals surface area contributed by atoms with Gasteiger partial charge in [0.25, 0.3) is 0 Å². The summed E-state index contributed by atoms with van der Waals surface area (Å²) in [5.74, 6) is -1.37. The monoisotopic (exact) mass is 1140 g/mol. The number of allylic oxidation sites excluding steroid dienone is 6. The van der Waals surface area contributed by atoms with E-state index in [1.807, 2.05) is 0 Å². The summed E-state index contributed by atoms with van der Waals surface area (Å²) in [4.78, 5) is 53.3. The molecule has 0 aromatic carbocycles. The molecule has 0 atom stereocenters. The zero-order valence-electron chi connectivity index (χ0n) is 54.2. The highest BCUT2D eigenvalue weighted by Gasteiger charge is 2.38. The van der Waals surface area contributed by atoms with E-state index in [9.17, 15) is 19.2 Å². The summed E-state index contributed by atoms with van der Waals surface area (Å²) in [7, 11) is 0. The minimum Gasteiger partial charge on any atom is -0.465 e. The van der Waals surface area contributed by atoms with Crippen molar-refractivity contribution in [3.05, 3.63) is 36.5 Å². The van der Waals surface area contributed by atoms with Gasteiger partial charge in [0, 0.05) is 25.7 Å². The molecular formula is C73H134O8. The lowest BCUT2D eigenvalue weighted by atomic mass is 9.92. The van der Waals surface area contributed by atoms with Gasteiger partial charge in [-0.25, -0.2) is 0 Å². The molecule has 0 radical (unpaired) electrons. The van der Waals surface area contributed by atoms with Crippen LogP contribution in [-0.4, -0.2) is 50.3 Å². The number of esters is 4. The van der Waals surface area contributed by atoms with Gasteiger partial charge < -0.3 is 18.9 Å². The van der Waals surface area contributed by atoms with Gasteiger partial charge in [0.05, 0.1) is 0 Å². The molecule has 0 aliphatic rings. The van der Waals surface area contributed by atoms with E-state index in [1.54, 1.807) is 0 Å². The molecule has 0 N–H and O–H groups in total. The third-order valence-corrected chi connectivity index (χ3v) is 16.1. The average molecular weight is 1140 g/mol. The molecule has 0 unspecified atom stereocenters. The first-order valence-corrected chi connectivity index (χ1v) is 35.4.